The number of carbonyl (C=O) groups is 1. The fraction of sp³-hybridized carbons (Fsp3) is 0.278. The lowest BCUT2D eigenvalue weighted by Gasteiger charge is -2.12. The Hall–Kier alpha value is -2.93. The molecular formula is C18H18N4O3. The minimum absolute atomic E-state index is 0.139. The van der Waals surface area contributed by atoms with E-state index in [4.69, 9.17) is 9.47 Å². The van der Waals surface area contributed by atoms with Gasteiger partial charge in [0.05, 0.1) is 6.10 Å². The van der Waals surface area contributed by atoms with Gasteiger partial charge in [0, 0.05) is 18.4 Å². The maximum Gasteiger partial charge on any atom is 0.258 e. The molecule has 0 radical (unpaired) electrons. The molecule has 1 aliphatic rings. The van der Waals surface area contributed by atoms with Crippen molar-refractivity contribution in [3.05, 3.63) is 54.2 Å². The summed E-state index contributed by atoms with van der Waals surface area (Å²) in [5, 5.41) is 10.8. The molecule has 7 heteroatoms. The van der Waals surface area contributed by atoms with Crippen molar-refractivity contribution < 1.29 is 14.3 Å². The number of rotatable bonds is 5. The van der Waals surface area contributed by atoms with Gasteiger partial charge < -0.3 is 9.47 Å². The van der Waals surface area contributed by atoms with E-state index < -0.39 is 0 Å². The number of carbonyl (C=O) groups excluding carboxylic acids is 1. The van der Waals surface area contributed by atoms with Gasteiger partial charge >= 0.3 is 0 Å². The predicted molar refractivity (Wildman–Crippen MR) is 91.9 cm³/mol. The van der Waals surface area contributed by atoms with E-state index in [1.807, 2.05) is 24.3 Å². The molecule has 1 fully saturated rings. The van der Waals surface area contributed by atoms with Gasteiger partial charge in [0.1, 0.15) is 12.4 Å². The third kappa shape index (κ3) is 3.46. The number of nitrogens with one attached hydrogen (secondary N) is 1. The van der Waals surface area contributed by atoms with E-state index in [2.05, 4.69) is 15.5 Å². The zero-order valence-electron chi connectivity index (χ0n) is 13.6. The van der Waals surface area contributed by atoms with Crippen LogP contribution in [0.3, 0.4) is 0 Å². The van der Waals surface area contributed by atoms with Gasteiger partial charge in [-0.25, -0.2) is 0 Å². The molecule has 1 aliphatic heterocycles. The summed E-state index contributed by atoms with van der Waals surface area (Å²) in [5.74, 6) is 0.765. The summed E-state index contributed by atoms with van der Waals surface area (Å²) in [6.07, 6.45) is 4.02. The lowest BCUT2D eigenvalue weighted by molar-refractivity contribution is 0.0679. The quantitative estimate of drug-likeness (QED) is 0.773. The Labute approximate surface area is 144 Å². The average molecular weight is 338 g/mol. The molecule has 0 spiro atoms. The third-order valence-corrected chi connectivity index (χ3v) is 4.10. The monoisotopic (exact) mass is 338 g/mol. The number of benzene rings is 1. The van der Waals surface area contributed by atoms with E-state index in [9.17, 15) is 4.79 Å². The molecule has 3 heterocycles. The van der Waals surface area contributed by atoms with Crippen LogP contribution < -0.4 is 10.1 Å². The van der Waals surface area contributed by atoms with E-state index in [0.29, 0.717) is 29.5 Å². The Morgan fingerprint density at radius 1 is 1.28 bits per heavy atom. The minimum atomic E-state index is -0.263. The van der Waals surface area contributed by atoms with Crippen LogP contribution in [-0.2, 0) is 4.74 Å². The number of aromatic nitrogens is 3. The van der Waals surface area contributed by atoms with Crippen LogP contribution in [0.4, 0.5) is 5.95 Å². The second kappa shape index (κ2) is 6.90. The highest BCUT2D eigenvalue weighted by atomic mass is 16.5. The molecule has 0 bridgehead atoms. The number of nitrogens with zero attached hydrogens (tertiary/aromatic N) is 3. The Morgan fingerprint density at radius 3 is 3.12 bits per heavy atom. The molecule has 1 saturated heterocycles. The molecule has 0 saturated carbocycles. The van der Waals surface area contributed by atoms with Gasteiger partial charge in [-0.3, -0.25) is 14.5 Å². The first kappa shape index (κ1) is 15.6. The molecular weight excluding hydrogens is 320 g/mol. The molecule has 2 aromatic heterocycles. The molecule has 7 nitrogen and oxygen atoms in total. The number of hydrogen-bond donors (Lipinski definition) is 1. The highest BCUT2D eigenvalue weighted by Gasteiger charge is 2.16. The molecule has 25 heavy (non-hydrogen) atoms. The topological polar surface area (TPSA) is 77.8 Å². The van der Waals surface area contributed by atoms with Crippen molar-refractivity contribution in [3.63, 3.8) is 0 Å². The number of hydrogen-bond acceptors (Lipinski definition) is 5. The second-order valence-electron chi connectivity index (χ2n) is 5.88. The summed E-state index contributed by atoms with van der Waals surface area (Å²) >= 11 is 0. The van der Waals surface area contributed by atoms with E-state index in [0.717, 1.165) is 19.4 Å². The van der Waals surface area contributed by atoms with Gasteiger partial charge in [0.2, 0.25) is 5.95 Å². The Kier molecular flexibility index (Phi) is 4.30. The van der Waals surface area contributed by atoms with Crippen LogP contribution in [0.15, 0.2) is 48.7 Å². The van der Waals surface area contributed by atoms with Gasteiger partial charge in [-0.2, -0.15) is 0 Å². The first-order valence-electron chi connectivity index (χ1n) is 8.25. The molecule has 0 unspecified atom stereocenters. The fourth-order valence-corrected chi connectivity index (χ4v) is 2.79. The summed E-state index contributed by atoms with van der Waals surface area (Å²) in [4.78, 5) is 12.5. The normalized spacial score (nSPS) is 16.9. The van der Waals surface area contributed by atoms with E-state index in [-0.39, 0.29) is 12.0 Å². The van der Waals surface area contributed by atoms with Crippen molar-refractivity contribution in [2.45, 2.75) is 18.9 Å². The smallest absolute Gasteiger partial charge is 0.258 e. The third-order valence-electron chi connectivity index (χ3n) is 4.10. The molecule has 4 rings (SSSR count). The highest BCUT2D eigenvalue weighted by molar-refractivity contribution is 6.03. The molecule has 128 valence electrons. The number of pyridine rings is 1. The van der Waals surface area contributed by atoms with Gasteiger partial charge in [-0.1, -0.05) is 12.1 Å². The van der Waals surface area contributed by atoms with Gasteiger partial charge in [-0.05, 0) is 43.2 Å². The summed E-state index contributed by atoms with van der Waals surface area (Å²) in [6, 6.07) is 12.6. The van der Waals surface area contributed by atoms with Crippen LogP contribution in [0.25, 0.3) is 5.65 Å². The molecule has 1 N–H and O–H groups in total. The van der Waals surface area contributed by atoms with Crippen molar-refractivity contribution >= 4 is 17.5 Å². The Bertz CT molecular complexity index is 887. The van der Waals surface area contributed by atoms with Crippen LogP contribution in [0.1, 0.15) is 23.2 Å². The molecule has 3 aromatic rings. The SMILES string of the molecule is O=C(Nc1nnc2ccccn12)c1cccc(OC[C@@H]2CCCO2)c1. The highest BCUT2D eigenvalue weighted by Crippen LogP contribution is 2.18. The zero-order chi connectivity index (χ0) is 17.1. The Morgan fingerprint density at radius 2 is 2.24 bits per heavy atom. The lowest BCUT2D eigenvalue weighted by atomic mass is 10.2. The summed E-state index contributed by atoms with van der Waals surface area (Å²) < 4.78 is 13.0. The first-order chi connectivity index (χ1) is 12.3. The maximum atomic E-state index is 12.5. The molecule has 1 amide bonds. The number of anilines is 1. The van der Waals surface area contributed by atoms with Crippen LogP contribution in [-0.4, -0.2) is 39.8 Å². The Balaban J connectivity index is 1.45. The van der Waals surface area contributed by atoms with Crippen molar-refractivity contribution in [2.24, 2.45) is 0 Å². The van der Waals surface area contributed by atoms with E-state index >= 15 is 0 Å². The van der Waals surface area contributed by atoms with Crippen molar-refractivity contribution in [3.8, 4) is 5.75 Å². The second-order valence-corrected chi connectivity index (χ2v) is 5.88. The van der Waals surface area contributed by atoms with Gasteiger partial charge in [0.25, 0.3) is 5.91 Å². The van der Waals surface area contributed by atoms with Gasteiger partial charge in [-0.15, -0.1) is 10.2 Å². The van der Waals surface area contributed by atoms with E-state index in [1.165, 1.54) is 0 Å². The minimum Gasteiger partial charge on any atom is -0.491 e. The molecule has 1 aromatic carbocycles. The van der Waals surface area contributed by atoms with Crippen molar-refractivity contribution in [2.75, 3.05) is 18.5 Å². The molecule has 0 aliphatic carbocycles. The summed E-state index contributed by atoms with van der Waals surface area (Å²) in [5.41, 5.74) is 1.17. The summed E-state index contributed by atoms with van der Waals surface area (Å²) in [7, 11) is 0. The number of fused-ring (bicyclic) bond motifs is 1. The summed E-state index contributed by atoms with van der Waals surface area (Å²) in [6.45, 7) is 1.29. The van der Waals surface area contributed by atoms with E-state index in [1.54, 1.807) is 28.8 Å². The van der Waals surface area contributed by atoms with Crippen LogP contribution in [0.2, 0.25) is 0 Å². The molecule has 1 atom stereocenters. The average Bonchev–Trinajstić information content (AvgIpc) is 3.31. The first-order valence-corrected chi connectivity index (χ1v) is 8.25. The fourth-order valence-electron chi connectivity index (χ4n) is 2.79. The lowest BCUT2D eigenvalue weighted by Crippen LogP contribution is -2.17. The predicted octanol–water partition coefficient (Wildman–Crippen LogP) is 2.54. The zero-order valence-corrected chi connectivity index (χ0v) is 13.6. The van der Waals surface area contributed by atoms with Crippen LogP contribution >= 0.6 is 0 Å². The standard InChI is InChI=1S/C18H18N4O3/c23-17(19-18-21-20-16-8-1-2-9-22(16)18)13-5-3-6-14(11-13)25-12-15-7-4-10-24-15/h1-3,5-6,8-9,11,15H,4,7,10,12H2,(H,19,21,23)/t15-/m0/s1. The van der Waals surface area contributed by atoms with Gasteiger partial charge in [0.15, 0.2) is 5.65 Å². The number of ether oxygens (including phenoxy) is 2. The van der Waals surface area contributed by atoms with Crippen LogP contribution in [0, 0.1) is 0 Å². The maximum absolute atomic E-state index is 12.5. The largest absolute Gasteiger partial charge is 0.491 e. The van der Waals surface area contributed by atoms with Crippen molar-refractivity contribution in [1.29, 1.82) is 0 Å². The number of amides is 1. The van der Waals surface area contributed by atoms with Crippen LogP contribution in [0.5, 0.6) is 5.75 Å². The van der Waals surface area contributed by atoms with Crippen molar-refractivity contribution in [1.82, 2.24) is 14.6 Å².